The van der Waals surface area contributed by atoms with E-state index in [0.29, 0.717) is 24.4 Å². The van der Waals surface area contributed by atoms with Gasteiger partial charge in [0.2, 0.25) is 0 Å². The molecule has 114 valence electrons. The summed E-state index contributed by atoms with van der Waals surface area (Å²) < 4.78 is 0. The zero-order valence-electron chi connectivity index (χ0n) is 12.6. The number of hydrogen-bond acceptors (Lipinski definition) is 3. The lowest BCUT2D eigenvalue weighted by atomic mass is 9.99. The number of benzene rings is 1. The van der Waals surface area contributed by atoms with Crippen molar-refractivity contribution in [2.75, 3.05) is 13.1 Å². The van der Waals surface area contributed by atoms with E-state index in [-0.39, 0.29) is 5.91 Å². The third-order valence-corrected chi connectivity index (χ3v) is 4.16. The number of hydrogen-bond donors (Lipinski definition) is 1. The first-order valence-electron chi connectivity index (χ1n) is 7.65. The van der Waals surface area contributed by atoms with Gasteiger partial charge in [-0.3, -0.25) is 9.89 Å². The topological polar surface area (TPSA) is 61.9 Å². The van der Waals surface area contributed by atoms with Gasteiger partial charge in [0.05, 0.1) is 6.20 Å². The van der Waals surface area contributed by atoms with Crippen molar-refractivity contribution in [3.8, 4) is 0 Å². The summed E-state index contributed by atoms with van der Waals surface area (Å²) in [5, 5.41) is 7.65. The Labute approximate surface area is 133 Å². The Morgan fingerprint density at radius 1 is 1.13 bits per heavy atom. The molecule has 23 heavy (non-hydrogen) atoms. The molecule has 1 amide bonds. The molecule has 4 rings (SSSR count). The predicted octanol–water partition coefficient (Wildman–Crippen LogP) is 2.89. The van der Waals surface area contributed by atoms with Crippen LogP contribution in [0.1, 0.15) is 22.5 Å². The van der Waals surface area contributed by atoms with E-state index in [4.69, 9.17) is 0 Å². The van der Waals surface area contributed by atoms with Crippen molar-refractivity contribution in [2.24, 2.45) is 0 Å². The Balaban J connectivity index is 1.53. The zero-order valence-corrected chi connectivity index (χ0v) is 12.6. The summed E-state index contributed by atoms with van der Waals surface area (Å²) in [5.41, 5.74) is 3.63. The number of amides is 1. The van der Waals surface area contributed by atoms with Crippen LogP contribution in [0.2, 0.25) is 0 Å². The number of aromatic nitrogens is 3. The van der Waals surface area contributed by atoms with Crippen LogP contribution in [0.15, 0.2) is 54.7 Å². The Kier molecular flexibility index (Phi) is 3.38. The minimum Gasteiger partial charge on any atom is -0.333 e. The number of fused-ring (bicyclic) bond motifs is 1. The molecular formula is C18H16N4O. The fourth-order valence-electron chi connectivity index (χ4n) is 2.88. The third-order valence-electron chi connectivity index (χ3n) is 4.16. The highest BCUT2D eigenvalue weighted by Gasteiger charge is 2.20. The molecule has 0 aliphatic carbocycles. The summed E-state index contributed by atoms with van der Waals surface area (Å²) in [6, 6.07) is 13.9. The van der Waals surface area contributed by atoms with E-state index in [0.717, 1.165) is 11.8 Å². The van der Waals surface area contributed by atoms with Gasteiger partial charge in [-0.25, -0.2) is 4.98 Å². The molecule has 0 saturated heterocycles. The van der Waals surface area contributed by atoms with Gasteiger partial charge in [0.25, 0.3) is 5.91 Å². The molecule has 3 heterocycles. The van der Waals surface area contributed by atoms with Crippen LogP contribution in [0.25, 0.3) is 16.6 Å². The van der Waals surface area contributed by atoms with Crippen LogP contribution in [-0.2, 0) is 0 Å². The Morgan fingerprint density at radius 2 is 2.00 bits per heavy atom. The molecule has 3 aromatic rings. The molecule has 0 atom stereocenters. The van der Waals surface area contributed by atoms with E-state index < -0.39 is 0 Å². The molecule has 2 aromatic heterocycles. The van der Waals surface area contributed by atoms with Crippen molar-refractivity contribution in [1.29, 1.82) is 0 Å². The first-order chi connectivity index (χ1) is 11.3. The van der Waals surface area contributed by atoms with Crippen LogP contribution in [0.4, 0.5) is 0 Å². The molecular weight excluding hydrogens is 288 g/mol. The fraction of sp³-hybridized carbons (Fsp3) is 0.167. The maximum atomic E-state index is 12.6. The number of H-pyrrole nitrogens is 1. The first kappa shape index (κ1) is 13.7. The van der Waals surface area contributed by atoms with Gasteiger partial charge < -0.3 is 4.90 Å². The molecule has 0 spiro atoms. The van der Waals surface area contributed by atoms with E-state index >= 15 is 0 Å². The number of nitrogens with one attached hydrogen (secondary N) is 1. The highest BCUT2D eigenvalue weighted by molar-refractivity contribution is 5.94. The lowest BCUT2D eigenvalue weighted by Gasteiger charge is -2.26. The first-order valence-corrected chi connectivity index (χ1v) is 7.65. The molecule has 0 saturated carbocycles. The van der Waals surface area contributed by atoms with Crippen molar-refractivity contribution in [2.45, 2.75) is 6.42 Å². The van der Waals surface area contributed by atoms with Crippen LogP contribution >= 0.6 is 0 Å². The van der Waals surface area contributed by atoms with Crippen molar-refractivity contribution >= 4 is 22.5 Å². The number of pyridine rings is 1. The maximum absolute atomic E-state index is 12.6. The largest absolute Gasteiger partial charge is 0.333 e. The maximum Gasteiger partial charge on any atom is 0.272 e. The van der Waals surface area contributed by atoms with Gasteiger partial charge in [-0.1, -0.05) is 36.4 Å². The average Bonchev–Trinajstić information content (AvgIpc) is 3.10. The van der Waals surface area contributed by atoms with Gasteiger partial charge in [-0.15, -0.1) is 0 Å². The quantitative estimate of drug-likeness (QED) is 0.792. The highest BCUT2D eigenvalue weighted by Crippen LogP contribution is 2.23. The summed E-state index contributed by atoms with van der Waals surface area (Å²) in [6.45, 7) is 1.33. The third kappa shape index (κ3) is 2.61. The summed E-state index contributed by atoms with van der Waals surface area (Å²) in [6.07, 6.45) is 4.69. The van der Waals surface area contributed by atoms with E-state index in [1.165, 1.54) is 11.1 Å². The Bertz CT molecular complexity index is 882. The number of carbonyl (C=O) groups is 1. The second-order valence-corrected chi connectivity index (χ2v) is 5.60. The molecule has 1 aromatic carbocycles. The summed E-state index contributed by atoms with van der Waals surface area (Å²) in [7, 11) is 0. The Hall–Kier alpha value is -2.95. The molecule has 0 fully saturated rings. The van der Waals surface area contributed by atoms with E-state index in [2.05, 4.69) is 33.4 Å². The van der Waals surface area contributed by atoms with Crippen molar-refractivity contribution in [3.63, 3.8) is 0 Å². The van der Waals surface area contributed by atoms with Crippen molar-refractivity contribution in [3.05, 3.63) is 66.0 Å². The van der Waals surface area contributed by atoms with Crippen LogP contribution < -0.4 is 0 Å². The minimum absolute atomic E-state index is 0.0372. The van der Waals surface area contributed by atoms with Crippen LogP contribution in [-0.4, -0.2) is 39.1 Å². The number of carbonyl (C=O) groups excluding carboxylic acids is 1. The fourth-order valence-corrected chi connectivity index (χ4v) is 2.88. The lowest BCUT2D eigenvalue weighted by Crippen LogP contribution is -2.35. The molecule has 1 aliphatic heterocycles. The molecule has 0 bridgehead atoms. The SMILES string of the molecule is O=C(c1ccc2cn[nH]c2n1)N1CC=C(c2ccccc2)CC1. The second kappa shape index (κ2) is 5.68. The second-order valence-electron chi connectivity index (χ2n) is 5.60. The van der Waals surface area contributed by atoms with Gasteiger partial charge in [-0.05, 0) is 29.7 Å². The van der Waals surface area contributed by atoms with Gasteiger partial charge in [0.1, 0.15) is 5.69 Å². The number of rotatable bonds is 2. The van der Waals surface area contributed by atoms with Gasteiger partial charge >= 0.3 is 0 Å². The molecule has 1 N–H and O–H groups in total. The lowest BCUT2D eigenvalue weighted by molar-refractivity contribution is 0.0767. The van der Waals surface area contributed by atoms with E-state index in [1.54, 1.807) is 12.3 Å². The van der Waals surface area contributed by atoms with Gasteiger partial charge in [0, 0.05) is 18.5 Å². The summed E-state index contributed by atoms with van der Waals surface area (Å²) >= 11 is 0. The molecule has 1 aliphatic rings. The van der Waals surface area contributed by atoms with E-state index in [1.807, 2.05) is 29.2 Å². The van der Waals surface area contributed by atoms with Crippen LogP contribution in [0, 0.1) is 0 Å². The van der Waals surface area contributed by atoms with E-state index in [9.17, 15) is 4.79 Å². The minimum atomic E-state index is -0.0372. The molecule has 5 nitrogen and oxygen atoms in total. The molecule has 0 unspecified atom stereocenters. The smallest absolute Gasteiger partial charge is 0.272 e. The molecule has 0 radical (unpaired) electrons. The standard InChI is InChI=1S/C18H16N4O/c23-18(16-7-6-15-12-19-21-17(15)20-16)22-10-8-14(9-11-22)13-4-2-1-3-5-13/h1-8,12H,9-11H2,(H,19,20,21). The highest BCUT2D eigenvalue weighted by atomic mass is 16.2. The van der Waals surface area contributed by atoms with Crippen LogP contribution in [0.3, 0.4) is 0 Å². The predicted molar refractivity (Wildman–Crippen MR) is 88.8 cm³/mol. The molecule has 5 heteroatoms. The van der Waals surface area contributed by atoms with Gasteiger partial charge in [0.15, 0.2) is 5.65 Å². The van der Waals surface area contributed by atoms with Crippen LogP contribution in [0.5, 0.6) is 0 Å². The number of nitrogens with zero attached hydrogens (tertiary/aromatic N) is 3. The van der Waals surface area contributed by atoms with Crippen molar-refractivity contribution in [1.82, 2.24) is 20.1 Å². The van der Waals surface area contributed by atoms with Gasteiger partial charge in [-0.2, -0.15) is 5.10 Å². The summed E-state index contributed by atoms with van der Waals surface area (Å²) in [4.78, 5) is 18.8. The van der Waals surface area contributed by atoms with Crippen molar-refractivity contribution < 1.29 is 4.79 Å². The zero-order chi connectivity index (χ0) is 15.6. The monoisotopic (exact) mass is 304 g/mol. The average molecular weight is 304 g/mol. The number of aromatic amines is 1. The normalized spacial score (nSPS) is 14.8. The summed E-state index contributed by atoms with van der Waals surface area (Å²) in [5.74, 6) is -0.0372. The Morgan fingerprint density at radius 3 is 2.78 bits per heavy atom.